The van der Waals surface area contributed by atoms with Crippen LogP contribution in [0.5, 0.6) is 0 Å². The van der Waals surface area contributed by atoms with Crippen LogP contribution >= 0.6 is 0 Å². The normalized spacial score (nSPS) is 16.8. The number of nitrogens with one attached hydrogen (secondary N) is 2. The van der Waals surface area contributed by atoms with Gasteiger partial charge in [0.2, 0.25) is 0 Å². The molecule has 4 heterocycles. The first-order valence-electron chi connectivity index (χ1n) is 11.7. The summed E-state index contributed by atoms with van der Waals surface area (Å²) in [6.45, 7) is 9.00. The van der Waals surface area contributed by atoms with E-state index in [9.17, 15) is 9.59 Å². The number of pyridine rings is 1. The number of likely N-dealkylation sites (tertiary alicyclic amines) is 1. The van der Waals surface area contributed by atoms with E-state index >= 15 is 0 Å². The minimum atomic E-state index is -0.319. The zero-order valence-electron chi connectivity index (χ0n) is 19.2. The number of hydrogen-bond donors (Lipinski definition) is 2. The van der Waals surface area contributed by atoms with Gasteiger partial charge >= 0.3 is 5.69 Å². The Morgan fingerprint density at radius 2 is 1.91 bits per heavy atom. The van der Waals surface area contributed by atoms with E-state index in [-0.39, 0.29) is 11.2 Å². The molecule has 1 unspecified atom stereocenters. The van der Waals surface area contributed by atoms with Crippen molar-refractivity contribution in [3.63, 3.8) is 0 Å². The van der Waals surface area contributed by atoms with Crippen LogP contribution in [-0.4, -0.2) is 48.2 Å². The van der Waals surface area contributed by atoms with Crippen molar-refractivity contribution in [2.45, 2.75) is 72.0 Å². The molecule has 1 aliphatic rings. The van der Waals surface area contributed by atoms with Crippen molar-refractivity contribution in [3.8, 4) is 11.4 Å². The van der Waals surface area contributed by atoms with Crippen LogP contribution in [0.2, 0.25) is 0 Å². The van der Waals surface area contributed by atoms with Crippen LogP contribution in [-0.2, 0) is 13.1 Å². The van der Waals surface area contributed by atoms with Crippen molar-refractivity contribution >= 4 is 17.0 Å². The lowest BCUT2D eigenvalue weighted by Gasteiger charge is -2.23. The zero-order chi connectivity index (χ0) is 22.7. The van der Waals surface area contributed by atoms with Crippen LogP contribution in [0.3, 0.4) is 0 Å². The standard InChI is InChI=1S/C23H33N7O2/c1-4-11-29-21-19(22(31)30(12-5-2)23(29)32)26-20(27-21)16-9-10-18(24-14-16)25-15-28-13-7-8-17(28)6-3/h9-10,14,17H,4-8,11-13,15H2,1-3H3,(H,24,25)(H,26,27). The van der Waals surface area contributed by atoms with E-state index in [0.717, 1.165) is 31.0 Å². The Kier molecular flexibility index (Phi) is 6.74. The third-order valence-corrected chi connectivity index (χ3v) is 6.23. The van der Waals surface area contributed by atoms with Crippen LogP contribution in [0.4, 0.5) is 5.82 Å². The smallest absolute Gasteiger partial charge is 0.332 e. The third kappa shape index (κ3) is 4.21. The van der Waals surface area contributed by atoms with E-state index in [0.29, 0.717) is 42.5 Å². The Hall–Kier alpha value is -2.94. The van der Waals surface area contributed by atoms with E-state index in [2.05, 4.69) is 32.1 Å². The van der Waals surface area contributed by atoms with Crippen molar-refractivity contribution in [3.05, 3.63) is 39.2 Å². The average molecular weight is 440 g/mol. The number of aryl methyl sites for hydroxylation is 1. The van der Waals surface area contributed by atoms with Gasteiger partial charge in [-0.25, -0.2) is 14.8 Å². The summed E-state index contributed by atoms with van der Waals surface area (Å²) in [4.78, 5) is 40.5. The van der Waals surface area contributed by atoms with E-state index in [1.54, 1.807) is 10.8 Å². The molecule has 1 saturated heterocycles. The van der Waals surface area contributed by atoms with Crippen LogP contribution in [0, 0.1) is 0 Å². The SMILES string of the molecule is CCCn1c(=O)c2[nH]c(-c3ccc(NCN4CCCC4CC)nc3)nc2n(CCC)c1=O. The first-order chi connectivity index (χ1) is 15.6. The number of imidazole rings is 1. The molecule has 1 aliphatic heterocycles. The third-order valence-electron chi connectivity index (χ3n) is 6.23. The summed E-state index contributed by atoms with van der Waals surface area (Å²) in [7, 11) is 0. The number of H-pyrrole nitrogens is 1. The summed E-state index contributed by atoms with van der Waals surface area (Å²) in [6.07, 6.45) is 6.92. The number of anilines is 1. The fourth-order valence-electron chi connectivity index (χ4n) is 4.54. The molecule has 0 saturated carbocycles. The molecule has 32 heavy (non-hydrogen) atoms. The fourth-order valence-corrected chi connectivity index (χ4v) is 4.54. The van der Waals surface area contributed by atoms with Crippen molar-refractivity contribution in [2.75, 3.05) is 18.5 Å². The highest BCUT2D eigenvalue weighted by atomic mass is 16.2. The number of aromatic amines is 1. The Labute approximate surface area is 187 Å². The highest BCUT2D eigenvalue weighted by Crippen LogP contribution is 2.21. The Morgan fingerprint density at radius 1 is 1.12 bits per heavy atom. The fraction of sp³-hybridized carbons (Fsp3) is 0.565. The topological polar surface area (TPSA) is 101 Å². The van der Waals surface area contributed by atoms with Gasteiger partial charge in [-0.3, -0.25) is 18.8 Å². The molecule has 172 valence electrons. The Morgan fingerprint density at radius 3 is 2.59 bits per heavy atom. The largest absolute Gasteiger partial charge is 0.357 e. The lowest BCUT2D eigenvalue weighted by atomic mass is 10.2. The van der Waals surface area contributed by atoms with Gasteiger partial charge in [-0.05, 0) is 44.2 Å². The molecule has 1 fully saturated rings. The summed E-state index contributed by atoms with van der Waals surface area (Å²) in [5.74, 6) is 1.35. The Balaban J connectivity index is 1.61. The van der Waals surface area contributed by atoms with Gasteiger partial charge in [-0.15, -0.1) is 0 Å². The van der Waals surface area contributed by atoms with Gasteiger partial charge in [0.1, 0.15) is 17.2 Å². The first-order valence-corrected chi connectivity index (χ1v) is 11.7. The van der Waals surface area contributed by atoms with Crippen LogP contribution in [0.15, 0.2) is 27.9 Å². The summed E-state index contributed by atoms with van der Waals surface area (Å²) < 4.78 is 2.89. The van der Waals surface area contributed by atoms with E-state index in [1.807, 2.05) is 26.0 Å². The van der Waals surface area contributed by atoms with E-state index < -0.39 is 0 Å². The maximum Gasteiger partial charge on any atom is 0.332 e. The maximum atomic E-state index is 12.9. The molecule has 3 aromatic heterocycles. The van der Waals surface area contributed by atoms with Gasteiger partial charge in [0.05, 0.1) is 6.67 Å². The highest BCUT2D eigenvalue weighted by molar-refractivity contribution is 5.75. The minimum Gasteiger partial charge on any atom is -0.357 e. The molecule has 0 bridgehead atoms. The van der Waals surface area contributed by atoms with E-state index in [1.165, 1.54) is 23.8 Å². The number of hydrogen-bond acceptors (Lipinski definition) is 6. The second kappa shape index (κ2) is 9.68. The summed E-state index contributed by atoms with van der Waals surface area (Å²) in [5.41, 5.74) is 0.931. The Bertz CT molecular complexity index is 1180. The van der Waals surface area contributed by atoms with Gasteiger partial charge < -0.3 is 10.3 Å². The summed E-state index contributed by atoms with van der Waals surface area (Å²) in [6, 6.07) is 4.50. The van der Waals surface area contributed by atoms with Gasteiger partial charge in [-0.1, -0.05) is 20.8 Å². The summed E-state index contributed by atoms with van der Waals surface area (Å²) in [5, 5.41) is 3.41. The lowest BCUT2D eigenvalue weighted by Crippen LogP contribution is -2.40. The van der Waals surface area contributed by atoms with E-state index in [4.69, 9.17) is 0 Å². The molecule has 0 radical (unpaired) electrons. The average Bonchev–Trinajstić information content (AvgIpc) is 3.45. The molecule has 2 N–H and O–H groups in total. The molecule has 0 aromatic carbocycles. The number of nitrogens with zero attached hydrogens (tertiary/aromatic N) is 5. The molecular weight excluding hydrogens is 406 g/mol. The first kappa shape index (κ1) is 22.3. The van der Waals surface area contributed by atoms with Crippen molar-refractivity contribution in [2.24, 2.45) is 0 Å². The van der Waals surface area contributed by atoms with Gasteiger partial charge in [-0.2, -0.15) is 0 Å². The van der Waals surface area contributed by atoms with Crippen LogP contribution in [0.1, 0.15) is 52.9 Å². The maximum absolute atomic E-state index is 12.9. The molecule has 1 atom stereocenters. The quantitative estimate of drug-likeness (QED) is 0.532. The molecule has 0 spiro atoms. The number of fused-ring (bicyclic) bond motifs is 1. The molecule has 0 aliphatic carbocycles. The molecule has 4 rings (SSSR count). The summed E-state index contributed by atoms with van der Waals surface area (Å²) >= 11 is 0. The predicted molar refractivity (Wildman–Crippen MR) is 127 cm³/mol. The predicted octanol–water partition coefficient (Wildman–Crippen LogP) is 3.01. The van der Waals surface area contributed by atoms with Crippen molar-refractivity contribution in [1.29, 1.82) is 0 Å². The monoisotopic (exact) mass is 439 g/mol. The van der Waals surface area contributed by atoms with Gasteiger partial charge in [0.25, 0.3) is 5.56 Å². The molecular formula is C23H33N7O2. The van der Waals surface area contributed by atoms with Gasteiger partial charge in [0.15, 0.2) is 5.65 Å². The number of rotatable bonds is 9. The molecule has 9 heteroatoms. The molecule has 9 nitrogen and oxygen atoms in total. The molecule has 0 amide bonds. The highest BCUT2D eigenvalue weighted by Gasteiger charge is 2.22. The number of aromatic nitrogens is 5. The zero-order valence-corrected chi connectivity index (χ0v) is 19.2. The lowest BCUT2D eigenvalue weighted by molar-refractivity contribution is 0.265. The molecule has 3 aromatic rings. The second-order valence-corrected chi connectivity index (χ2v) is 8.46. The minimum absolute atomic E-state index is 0.297. The second-order valence-electron chi connectivity index (χ2n) is 8.46. The van der Waals surface area contributed by atoms with Crippen LogP contribution < -0.4 is 16.6 Å². The van der Waals surface area contributed by atoms with Crippen LogP contribution in [0.25, 0.3) is 22.6 Å². The van der Waals surface area contributed by atoms with Crippen molar-refractivity contribution < 1.29 is 0 Å². The van der Waals surface area contributed by atoms with Crippen molar-refractivity contribution in [1.82, 2.24) is 29.0 Å². The van der Waals surface area contributed by atoms with Gasteiger partial charge in [0, 0.05) is 37.4 Å².